The van der Waals surface area contributed by atoms with Crippen molar-refractivity contribution >= 4 is 6.01 Å². The van der Waals surface area contributed by atoms with Crippen molar-refractivity contribution in [2.45, 2.75) is 32.8 Å². The van der Waals surface area contributed by atoms with Gasteiger partial charge in [0.05, 0.1) is 13.2 Å². The van der Waals surface area contributed by atoms with E-state index in [1.165, 1.54) is 0 Å². The third-order valence-electron chi connectivity index (χ3n) is 4.50. The van der Waals surface area contributed by atoms with Gasteiger partial charge in [-0.1, -0.05) is 31.1 Å². The highest BCUT2D eigenvalue weighted by Crippen LogP contribution is 2.50. The van der Waals surface area contributed by atoms with Crippen LogP contribution in [-0.2, 0) is 0 Å². The monoisotopic (exact) mass is 317 g/mol. The number of aliphatic hydroxyl groups excluding tert-OH is 1. The van der Waals surface area contributed by atoms with E-state index < -0.39 is 0 Å². The van der Waals surface area contributed by atoms with Crippen molar-refractivity contribution in [1.82, 2.24) is 10.1 Å². The van der Waals surface area contributed by atoms with Crippen LogP contribution in [0.5, 0.6) is 5.75 Å². The summed E-state index contributed by atoms with van der Waals surface area (Å²) in [7, 11) is 1.62. The summed E-state index contributed by atoms with van der Waals surface area (Å²) < 4.78 is 10.5. The second kappa shape index (κ2) is 6.20. The van der Waals surface area contributed by atoms with Crippen LogP contribution in [0, 0.1) is 11.3 Å². The molecule has 1 aliphatic carbocycles. The van der Waals surface area contributed by atoms with Crippen LogP contribution < -0.4 is 10.1 Å². The summed E-state index contributed by atoms with van der Waals surface area (Å²) in [5.41, 5.74) is 0.781. The first-order valence-corrected chi connectivity index (χ1v) is 7.94. The molecule has 124 valence electrons. The molecule has 1 aromatic heterocycles. The molecule has 0 saturated heterocycles. The van der Waals surface area contributed by atoms with Gasteiger partial charge in [-0.15, -0.1) is 0 Å². The summed E-state index contributed by atoms with van der Waals surface area (Å²) in [4.78, 5) is 4.36. The number of anilines is 1. The van der Waals surface area contributed by atoms with E-state index in [4.69, 9.17) is 9.26 Å². The van der Waals surface area contributed by atoms with Crippen LogP contribution in [-0.4, -0.2) is 35.0 Å². The third kappa shape index (κ3) is 3.32. The van der Waals surface area contributed by atoms with Crippen LogP contribution in [0.25, 0.3) is 11.4 Å². The van der Waals surface area contributed by atoms with E-state index in [-0.39, 0.29) is 17.4 Å². The Kier molecular flexibility index (Phi) is 4.26. The molecule has 23 heavy (non-hydrogen) atoms. The van der Waals surface area contributed by atoms with Crippen LogP contribution in [0.4, 0.5) is 6.01 Å². The smallest absolute Gasteiger partial charge is 0.321 e. The molecule has 3 rings (SSSR count). The molecule has 0 amide bonds. The van der Waals surface area contributed by atoms with E-state index in [2.05, 4.69) is 15.5 Å². The summed E-state index contributed by atoms with van der Waals surface area (Å²) in [6.07, 6.45) is 1.74. The summed E-state index contributed by atoms with van der Waals surface area (Å²) in [6, 6.07) is 7.90. The van der Waals surface area contributed by atoms with Gasteiger partial charge in [-0.3, -0.25) is 0 Å². The molecular formula is C17H23N3O3. The van der Waals surface area contributed by atoms with E-state index in [1.54, 1.807) is 7.11 Å². The van der Waals surface area contributed by atoms with Crippen LogP contribution in [0.1, 0.15) is 26.7 Å². The van der Waals surface area contributed by atoms with E-state index in [0.717, 1.165) is 24.2 Å². The maximum atomic E-state index is 10.3. The van der Waals surface area contributed by atoms with E-state index in [9.17, 15) is 5.11 Å². The quantitative estimate of drug-likeness (QED) is 0.817. The second-order valence-electron chi connectivity index (χ2n) is 6.56. The van der Waals surface area contributed by atoms with Gasteiger partial charge >= 0.3 is 6.01 Å². The van der Waals surface area contributed by atoms with Gasteiger partial charge in [-0.25, -0.2) is 0 Å². The molecule has 1 saturated carbocycles. The molecular weight excluding hydrogens is 294 g/mol. The summed E-state index contributed by atoms with van der Waals surface area (Å²) in [5.74, 6) is 1.51. The lowest BCUT2D eigenvalue weighted by atomic mass is 9.90. The molecule has 0 spiro atoms. The van der Waals surface area contributed by atoms with Crippen molar-refractivity contribution in [2.24, 2.45) is 11.3 Å². The number of rotatable bonds is 7. The topological polar surface area (TPSA) is 80.4 Å². The number of benzene rings is 1. The van der Waals surface area contributed by atoms with E-state index in [0.29, 0.717) is 18.4 Å². The van der Waals surface area contributed by atoms with Gasteiger partial charge in [0.2, 0.25) is 5.82 Å². The molecule has 1 fully saturated rings. The average molecular weight is 317 g/mol. The van der Waals surface area contributed by atoms with Gasteiger partial charge in [0.15, 0.2) is 0 Å². The molecule has 1 heterocycles. The van der Waals surface area contributed by atoms with Crippen molar-refractivity contribution in [3.05, 3.63) is 24.3 Å². The summed E-state index contributed by atoms with van der Waals surface area (Å²) >= 11 is 0. The second-order valence-corrected chi connectivity index (χ2v) is 6.56. The largest absolute Gasteiger partial charge is 0.497 e. The lowest BCUT2D eigenvalue weighted by Crippen LogP contribution is -2.33. The fraction of sp³-hybridized carbons (Fsp3) is 0.529. The standard InChI is InChI=1S/C17H23N3O3/c1-11(2)14(21)17(7-8-17)10-18-16-19-15(20-23-16)12-5-4-6-13(9-12)22-3/h4-6,9,11,14,21H,7-8,10H2,1-3H3,(H,18,19,20). The Balaban J connectivity index is 1.66. The molecule has 6 heteroatoms. The minimum absolute atomic E-state index is 0.0568. The van der Waals surface area contributed by atoms with Crippen molar-refractivity contribution in [2.75, 3.05) is 19.0 Å². The van der Waals surface area contributed by atoms with Gasteiger partial charge < -0.3 is 19.7 Å². The Hall–Kier alpha value is -2.08. The van der Waals surface area contributed by atoms with Crippen LogP contribution in [0.15, 0.2) is 28.8 Å². The lowest BCUT2D eigenvalue weighted by Gasteiger charge is -2.25. The Morgan fingerprint density at radius 3 is 2.83 bits per heavy atom. The fourth-order valence-electron chi connectivity index (χ4n) is 2.87. The SMILES string of the molecule is COc1cccc(-c2noc(NCC3(C(O)C(C)C)CC3)n2)c1. The van der Waals surface area contributed by atoms with Gasteiger partial charge in [0.25, 0.3) is 0 Å². The van der Waals surface area contributed by atoms with Crippen LogP contribution in [0.3, 0.4) is 0 Å². The Morgan fingerprint density at radius 1 is 1.39 bits per heavy atom. The van der Waals surface area contributed by atoms with Gasteiger partial charge in [0, 0.05) is 17.5 Å². The highest BCUT2D eigenvalue weighted by molar-refractivity contribution is 5.57. The highest BCUT2D eigenvalue weighted by Gasteiger charge is 2.49. The van der Waals surface area contributed by atoms with Crippen molar-refractivity contribution < 1.29 is 14.4 Å². The lowest BCUT2D eigenvalue weighted by molar-refractivity contribution is 0.0564. The minimum atomic E-state index is -0.309. The molecule has 1 aliphatic rings. The maximum Gasteiger partial charge on any atom is 0.321 e. The first kappa shape index (κ1) is 15.8. The normalized spacial score (nSPS) is 17.1. The maximum absolute atomic E-state index is 10.3. The molecule has 1 unspecified atom stereocenters. The number of nitrogens with one attached hydrogen (secondary N) is 1. The predicted octanol–water partition coefficient (Wildman–Crippen LogP) is 2.95. The number of aromatic nitrogens is 2. The van der Waals surface area contributed by atoms with Crippen LogP contribution >= 0.6 is 0 Å². The van der Waals surface area contributed by atoms with Crippen LogP contribution in [0.2, 0.25) is 0 Å². The van der Waals surface area contributed by atoms with Crippen molar-refractivity contribution in [3.63, 3.8) is 0 Å². The average Bonchev–Trinajstić information content (AvgIpc) is 3.21. The van der Waals surface area contributed by atoms with E-state index in [1.807, 2.05) is 38.1 Å². The summed E-state index contributed by atoms with van der Waals surface area (Å²) in [5, 5.41) is 17.5. The minimum Gasteiger partial charge on any atom is -0.497 e. The zero-order chi connectivity index (χ0) is 16.4. The van der Waals surface area contributed by atoms with Gasteiger partial charge in [-0.2, -0.15) is 4.98 Å². The summed E-state index contributed by atoms with van der Waals surface area (Å²) in [6.45, 7) is 4.72. The molecule has 0 aliphatic heterocycles. The number of hydrogen-bond acceptors (Lipinski definition) is 6. The zero-order valence-electron chi connectivity index (χ0n) is 13.7. The number of aliphatic hydroxyl groups is 1. The van der Waals surface area contributed by atoms with Crippen molar-refractivity contribution in [3.8, 4) is 17.1 Å². The van der Waals surface area contributed by atoms with E-state index >= 15 is 0 Å². The number of nitrogens with zero attached hydrogens (tertiary/aromatic N) is 2. The molecule has 2 N–H and O–H groups in total. The molecule has 0 bridgehead atoms. The van der Waals surface area contributed by atoms with Gasteiger partial charge in [-0.05, 0) is 30.9 Å². The molecule has 2 aromatic rings. The zero-order valence-corrected chi connectivity index (χ0v) is 13.7. The Labute approximate surface area is 135 Å². The Bertz CT molecular complexity index is 665. The molecule has 0 radical (unpaired) electrons. The first-order valence-electron chi connectivity index (χ1n) is 7.94. The number of ether oxygens (including phenoxy) is 1. The van der Waals surface area contributed by atoms with Gasteiger partial charge in [0.1, 0.15) is 5.75 Å². The molecule has 1 aromatic carbocycles. The first-order chi connectivity index (χ1) is 11.0. The molecule has 6 nitrogen and oxygen atoms in total. The Morgan fingerprint density at radius 2 is 2.17 bits per heavy atom. The fourth-order valence-corrected chi connectivity index (χ4v) is 2.87. The number of methoxy groups -OCH3 is 1. The number of hydrogen-bond donors (Lipinski definition) is 2. The predicted molar refractivity (Wildman–Crippen MR) is 87.3 cm³/mol. The van der Waals surface area contributed by atoms with Crippen molar-refractivity contribution in [1.29, 1.82) is 0 Å². The molecule has 1 atom stereocenters. The highest BCUT2D eigenvalue weighted by atomic mass is 16.5. The third-order valence-corrected chi connectivity index (χ3v) is 4.50.